The fourth-order valence-electron chi connectivity index (χ4n) is 4.23. The number of hydrogen-bond donors (Lipinski definition) is 0. The van der Waals surface area contributed by atoms with Crippen LogP contribution in [0, 0.1) is 6.92 Å². The van der Waals surface area contributed by atoms with Crippen LogP contribution in [-0.4, -0.2) is 35.5 Å². The Morgan fingerprint density at radius 3 is 2.72 bits per heavy atom. The number of thiazole rings is 1. The number of hydrogen-bond acceptors (Lipinski definition) is 6. The Labute approximate surface area is 191 Å². The summed E-state index contributed by atoms with van der Waals surface area (Å²) in [6, 6.07) is 13.5. The number of fused-ring (bicyclic) bond motifs is 1. The second-order valence-corrected chi connectivity index (χ2v) is 9.15. The van der Waals surface area contributed by atoms with Gasteiger partial charge < -0.3 is 19.1 Å². The minimum atomic E-state index is 0.0429. The zero-order valence-corrected chi connectivity index (χ0v) is 18.9. The highest BCUT2D eigenvalue weighted by molar-refractivity contribution is 7.09. The summed E-state index contributed by atoms with van der Waals surface area (Å²) in [5, 5.41) is 3.03. The summed E-state index contributed by atoms with van der Waals surface area (Å²) in [5.41, 5.74) is 2.68. The summed E-state index contributed by atoms with van der Waals surface area (Å²) in [7, 11) is 0. The van der Waals surface area contributed by atoms with Crippen LogP contribution in [0.3, 0.4) is 0 Å². The lowest BCUT2D eigenvalue weighted by Crippen LogP contribution is -2.30. The van der Waals surface area contributed by atoms with Gasteiger partial charge in [-0.1, -0.05) is 6.07 Å². The summed E-state index contributed by atoms with van der Waals surface area (Å²) in [6.07, 6.45) is 2.81. The first-order valence-electron chi connectivity index (χ1n) is 11.0. The first-order chi connectivity index (χ1) is 15.7. The average molecular weight is 451 g/mol. The molecule has 32 heavy (non-hydrogen) atoms. The molecule has 6 nitrogen and oxygen atoms in total. The molecule has 3 aromatic rings. The number of nitrogens with zero attached hydrogens (tertiary/aromatic N) is 2. The molecule has 0 spiro atoms. The maximum absolute atomic E-state index is 13.3. The van der Waals surface area contributed by atoms with Crippen molar-refractivity contribution < 1.29 is 19.0 Å². The van der Waals surface area contributed by atoms with Crippen molar-refractivity contribution in [3.05, 3.63) is 69.7 Å². The van der Waals surface area contributed by atoms with E-state index in [2.05, 4.69) is 11.1 Å². The molecule has 166 valence electrons. The third-order valence-corrected chi connectivity index (χ3v) is 6.65. The van der Waals surface area contributed by atoms with Crippen molar-refractivity contribution in [2.45, 2.75) is 38.8 Å². The Morgan fingerprint density at radius 1 is 1.12 bits per heavy atom. The Hall–Kier alpha value is -3.06. The third-order valence-electron chi connectivity index (χ3n) is 5.82. The standard InChI is InChI=1S/C25H26N2O4S/c1-17-26-20(16-32-17)15-31-21-8-5-18(6-9-21)25(28)27-11-2-4-22(27)19-7-10-23-24(14-19)30-13-3-12-29-23/h5-10,14,16,22H,2-4,11-13,15H2,1H3. The molecule has 2 aromatic carbocycles. The lowest BCUT2D eigenvalue weighted by atomic mass is 10.0. The number of carbonyl (C=O) groups is 1. The monoisotopic (exact) mass is 450 g/mol. The van der Waals surface area contributed by atoms with Gasteiger partial charge in [0.2, 0.25) is 0 Å². The summed E-state index contributed by atoms with van der Waals surface area (Å²) in [4.78, 5) is 19.7. The van der Waals surface area contributed by atoms with Gasteiger partial charge in [0, 0.05) is 23.9 Å². The SMILES string of the molecule is Cc1nc(COc2ccc(C(=O)N3CCCC3c3ccc4c(c3)OCCCO4)cc2)cs1. The number of aryl methyl sites for hydroxylation is 1. The topological polar surface area (TPSA) is 60.9 Å². The van der Waals surface area contributed by atoms with E-state index in [9.17, 15) is 4.79 Å². The van der Waals surface area contributed by atoms with Gasteiger partial charge in [-0.05, 0) is 61.7 Å². The van der Waals surface area contributed by atoms with E-state index in [0.29, 0.717) is 25.4 Å². The lowest BCUT2D eigenvalue weighted by molar-refractivity contribution is 0.0735. The molecule has 0 bridgehead atoms. The van der Waals surface area contributed by atoms with E-state index in [4.69, 9.17) is 14.2 Å². The molecule has 2 aliphatic rings. The van der Waals surface area contributed by atoms with E-state index in [1.54, 1.807) is 11.3 Å². The molecular formula is C25H26N2O4S. The van der Waals surface area contributed by atoms with Crippen molar-refractivity contribution in [1.29, 1.82) is 0 Å². The number of carbonyl (C=O) groups excluding carboxylic acids is 1. The zero-order chi connectivity index (χ0) is 21.9. The van der Waals surface area contributed by atoms with E-state index in [1.165, 1.54) is 0 Å². The highest BCUT2D eigenvalue weighted by Gasteiger charge is 2.31. The summed E-state index contributed by atoms with van der Waals surface area (Å²) in [6.45, 7) is 4.48. The van der Waals surface area contributed by atoms with E-state index in [1.807, 2.05) is 53.6 Å². The molecule has 1 fully saturated rings. The molecule has 1 amide bonds. The van der Waals surface area contributed by atoms with Crippen LogP contribution in [0.15, 0.2) is 47.8 Å². The molecule has 1 unspecified atom stereocenters. The zero-order valence-electron chi connectivity index (χ0n) is 18.1. The Bertz CT molecular complexity index is 1100. The fraction of sp³-hybridized carbons (Fsp3) is 0.360. The van der Waals surface area contributed by atoms with E-state index in [-0.39, 0.29) is 11.9 Å². The first kappa shape index (κ1) is 20.8. The maximum atomic E-state index is 13.3. The molecule has 3 heterocycles. The molecule has 0 radical (unpaired) electrons. The summed E-state index contributed by atoms with van der Waals surface area (Å²) >= 11 is 1.61. The summed E-state index contributed by atoms with van der Waals surface area (Å²) in [5.74, 6) is 2.33. The fourth-order valence-corrected chi connectivity index (χ4v) is 4.83. The van der Waals surface area contributed by atoms with Gasteiger partial charge in [-0.25, -0.2) is 4.98 Å². The third kappa shape index (κ3) is 4.43. The van der Waals surface area contributed by atoms with Crippen LogP contribution in [0.1, 0.15) is 51.9 Å². The Balaban J connectivity index is 1.27. The number of amides is 1. The smallest absolute Gasteiger partial charge is 0.254 e. The molecule has 7 heteroatoms. The van der Waals surface area contributed by atoms with Crippen molar-refractivity contribution in [3.8, 4) is 17.2 Å². The van der Waals surface area contributed by atoms with Crippen LogP contribution in [-0.2, 0) is 6.61 Å². The quantitative estimate of drug-likeness (QED) is 0.537. The van der Waals surface area contributed by atoms with E-state index in [0.717, 1.165) is 59.3 Å². The highest BCUT2D eigenvalue weighted by Crippen LogP contribution is 2.38. The number of ether oxygens (including phenoxy) is 3. The molecular weight excluding hydrogens is 424 g/mol. The van der Waals surface area contributed by atoms with Gasteiger partial charge in [0.25, 0.3) is 5.91 Å². The average Bonchev–Trinajstić information content (AvgIpc) is 3.40. The van der Waals surface area contributed by atoms with Gasteiger partial charge in [0.15, 0.2) is 11.5 Å². The summed E-state index contributed by atoms with van der Waals surface area (Å²) < 4.78 is 17.4. The minimum absolute atomic E-state index is 0.0429. The van der Waals surface area contributed by atoms with Crippen molar-refractivity contribution >= 4 is 17.2 Å². The van der Waals surface area contributed by atoms with Gasteiger partial charge in [0.1, 0.15) is 12.4 Å². The highest BCUT2D eigenvalue weighted by atomic mass is 32.1. The molecule has 1 aromatic heterocycles. The molecule has 1 atom stereocenters. The van der Waals surface area contributed by atoms with Gasteiger partial charge in [-0.15, -0.1) is 11.3 Å². The number of benzene rings is 2. The van der Waals surface area contributed by atoms with Crippen LogP contribution in [0.25, 0.3) is 0 Å². The molecule has 1 saturated heterocycles. The predicted molar refractivity (Wildman–Crippen MR) is 123 cm³/mol. The van der Waals surface area contributed by atoms with Crippen molar-refractivity contribution in [2.75, 3.05) is 19.8 Å². The molecule has 2 aliphatic heterocycles. The predicted octanol–water partition coefficient (Wildman–Crippen LogP) is 5.17. The molecule has 0 aliphatic carbocycles. The second-order valence-electron chi connectivity index (χ2n) is 8.08. The van der Waals surface area contributed by atoms with Gasteiger partial charge >= 0.3 is 0 Å². The molecule has 0 N–H and O–H groups in total. The van der Waals surface area contributed by atoms with Crippen LogP contribution < -0.4 is 14.2 Å². The lowest BCUT2D eigenvalue weighted by Gasteiger charge is -2.26. The van der Waals surface area contributed by atoms with Gasteiger partial charge in [-0.2, -0.15) is 0 Å². The molecule has 0 saturated carbocycles. The minimum Gasteiger partial charge on any atom is -0.490 e. The van der Waals surface area contributed by atoms with Crippen LogP contribution >= 0.6 is 11.3 Å². The van der Waals surface area contributed by atoms with Crippen molar-refractivity contribution in [3.63, 3.8) is 0 Å². The van der Waals surface area contributed by atoms with E-state index >= 15 is 0 Å². The van der Waals surface area contributed by atoms with Gasteiger partial charge in [-0.3, -0.25) is 4.79 Å². The first-order valence-corrected chi connectivity index (χ1v) is 11.9. The van der Waals surface area contributed by atoms with Crippen LogP contribution in [0.4, 0.5) is 0 Å². The number of rotatable bonds is 5. The van der Waals surface area contributed by atoms with Crippen LogP contribution in [0.2, 0.25) is 0 Å². The second kappa shape index (κ2) is 9.20. The normalized spacial score (nSPS) is 17.8. The largest absolute Gasteiger partial charge is 0.490 e. The number of likely N-dealkylation sites (tertiary alicyclic amines) is 1. The van der Waals surface area contributed by atoms with Crippen molar-refractivity contribution in [2.24, 2.45) is 0 Å². The van der Waals surface area contributed by atoms with Gasteiger partial charge in [0.05, 0.1) is 30.0 Å². The number of aromatic nitrogens is 1. The van der Waals surface area contributed by atoms with Crippen molar-refractivity contribution in [1.82, 2.24) is 9.88 Å². The maximum Gasteiger partial charge on any atom is 0.254 e. The Kier molecular flexibility index (Phi) is 5.99. The van der Waals surface area contributed by atoms with Crippen LogP contribution in [0.5, 0.6) is 17.2 Å². The Morgan fingerprint density at radius 2 is 1.94 bits per heavy atom. The van der Waals surface area contributed by atoms with E-state index < -0.39 is 0 Å². The molecule has 5 rings (SSSR count).